The Bertz CT molecular complexity index is 213. The van der Waals surface area contributed by atoms with Crippen LogP contribution in [0.3, 0.4) is 0 Å². The van der Waals surface area contributed by atoms with Gasteiger partial charge in [0.25, 0.3) is 0 Å². The summed E-state index contributed by atoms with van der Waals surface area (Å²) in [7, 11) is 0. The third-order valence-corrected chi connectivity index (χ3v) is 3.60. The third kappa shape index (κ3) is 0.414. The fourth-order valence-electron chi connectivity index (χ4n) is 3.05. The van der Waals surface area contributed by atoms with Gasteiger partial charge < -0.3 is 5.73 Å². The van der Waals surface area contributed by atoms with E-state index in [1.165, 1.54) is 12.8 Å². The normalized spacial score (nSPS) is 61.0. The van der Waals surface area contributed by atoms with Crippen LogP contribution in [0.1, 0.15) is 12.8 Å². The molecule has 3 rings (SSSR count). The van der Waals surface area contributed by atoms with Crippen LogP contribution in [-0.4, -0.2) is 5.91 Å². The monoisotopic (exact) mass is 137 g/mol. The predicted octanol–water partition coefficient (Wildman–Crippen LogP) is 0.374. The standard InChI is InChI=1S/C8H11NO/c9-8(10)7-5-2-3-1-4(3)6(5)7/h3-7H,1-2H2,(H2,9,10). The first-order valence-electron chi connectivity index (χ1n) is 4.08. The van der Waals surface area contributed by atoms with Gasteiger partial charge in [-0.3, -0.25) is 4.79 Å². The van der Waals surface area contributed by atoms with E-state index in [0.29, 0.717) is 5.92 Å². The highest BCUT2D eigenvalue weighted by molar-refractivity contribution is 5.81. The second kappa shape index (κ2) is 1.25. The van der Waals surface area contributed by atoms with E-state index >= 15 is 0 Å². The fraction of sp³-hybridized carbons (Fsp3) is 0.875. The molecule has 3 aliphatic rings. The number of carbonyl (C=O) groups excluding carboxylic acids is 1. The first kappa shape index (κ1) is 5.16. The van der Waals surface area contributed by atoms with Gasteiger partial charge in [-0.25, -0.2) is 0 Å². The van der Waals surface area contributed by atoms with Crippen LogP contribution in [0, 0.1) is 29.6 Å². The van der Waals surface area contributed by atoms with Crippen LogP contribution in [0.4, 0.5) is 0 Å². The van der Waals surface area contributed by atoms with Gasteiger partial charge in [-0.15, -0.1) is 0 Å². The van der Waals surface area contributed by atoms with E-state index in [1.54, 1.807) is 0 Å². The summed E-state index contributed by atoms with van der Waals surface area (Å²) in [5.41, 5.74) is 5.23. The molecule has 3 saturated carbocycles. The van der Waals surface area contributed by atoms with Crippen LogP contribution in [0.15, 0.2) is 0 Å². The fourth-order valence-corrected chi connectivity index (χ4v) is 3.05. The van der Waals surface area contributed by atoms with E-state index < -0.39 is 0 Å². The molecule has 0 aliphatic heterocycles. The molecule has 0 aromatic rings. The number of fused-ring (bicyclic) bond motifs is 3. The van der Waals surface area contributed by atoms with Crippen molar-refractivity contribution in [1.29, 1.82) is 0 Å². The van der Waals surface area contributed by atoms with E-state index in [9.17, 15) is 4.79 Å². The lowest BCUT2D eigenvalue weighted by Crippen LogP contribution is -2.16. The average Bonchev–Trinajstić information content (AvgIpc) is 2.70. The molecule has 0 spiro atoms. The lowest BCUT2D eigenvalue weighted by Gasteiger charge is -1.94. The minimum Gasteiger partial charge on any atom is -0.369 e. The molecule has 3 fully saturated rings. The van der Waals surface area contributed by atoms with Gasteiger partial charge in [0.1, 0.15) is 0 Å². The zero-order chi connectivity index (χ0) is 6.88. The van der Waals surface area contributed by atoms with Crippen molar-refractivity contribution < 1.29 is 4.79 Å². The number of carbonyl (C=O) groups is 1. The summed E-state index contributed by atoms with van der Waals surface area (Å²) in [6.45, 7) is 0. The first-order chi connectivity index (χ1) is 4.79. The zero-order valence-electron chi connectivity index (χ0n) is 5.79. The lowest BCUT2D eigenvalue weighted by molar-refractivity contribution is -0.119. The van der Waals surface area contributed by atoms with Crippen molar-refractivity contribution >= 4 is 5.91 Å². The van der Waals surface area contributed by atoms with Crippen molar-refractivity contribution in [2.45, 2.75) is 12.8 Å². The minimum absolute atomic E-state index is 0.0413. The highest BCUT2D eigenvalue weighted by Crippen LogP contribution is 2.72. The molecule has 1 amide bonds. The van der Waals surface area contributed by atoms with E-state index in [0.717, 1.165) is 23.7 Å². The molecule has 10 heavy (non-hydrogen) atoms. The molecule has 2 nitrogen and oxygen atoms in total. The maximum absolute atomic E-state index is 10.8. The molecule has 5 unspecified atom stereocenters. The quantitative estimate of drug-likeness (QED) is 0.557. The Balaban J connectivity index is 1.82. The maximum atomic E-state index is 10.8. The molecule has 0 aromatic carbocycles. The van der Waals surface area contributed by atoms with E-state index in [2.05, 4.69) is 0 Å². The Morgan fingerprint density at radius 2 is 2.00 bits per heavy atom. The van der Waals surface area contributed by atoms with Crippen LogP contribution < -0.4 is 5.73 Å². The molecule has 2 N–H and O–H groups in total. The molecule has 0 saturated heterocycles. The Morgan fingerprint density at radius 1 is 1.30 bits per heavy atom. The molecule has 0 bridgehead atoms. The van der Waals surface area contributed by atoms with Gasteiger partial charge in [-0.2, -0.15) is 0 Å². The topological polar surface area (TPSA) is 43.1 Å². The summed E-state index contributed by atoms with van der Waals surface area (Å²) in [6, 6.07) is 0. The Kier molecular flexibility index (Phi) is 0.644. The number of amides is 1. The predicted molar refractivity (Wildman–Crippen MR) is 35.9 cm³/mol. The summed E-state index contributed by atoms with van der Waals surface area (Å²) in [4.78, 5) is 10.8. The van der Waals surface area contributed by atoms with Gasteiger partial charge in [0.05, 0.1) is 0 Å². The van der Waals surface area contributed by atoms with Gasteiger partial charge in [0, 0.05) is 5.92 Å². The van der Waals surface area contributed by atoms with Crippen LogP contribution >= 0.6 is 0 Å². The van der Waals surface area contributed by atoms with Gasteiger partial charge in [0.15, 0.2) is 0 Å². The van der Waals surface area contributed by atoms with Gasteiger partial charge in [0.2, 0.25) is 5.91 Å². The smallest absolute Gasteiger partial charge is 0.221 e. The SMILES string of the molecule is NC(=O)C1C2CC3CC3C21. The van der Waals surface area contributed by atoms with Crippen molar-refractivity contribution in [3.63, 3.8) is 0 Å². The largest absolute Gasteiger partial charge is 0.369 e. The van der Waals surface area contributed by atoms with Gasteiger partial charge in [-0.05, 0) is 36.5 Å². The summed E-state index contributed by atoms with van der Waals surface area (Å²) in [6.07, 6.45) is 2.70. The van der Waals surface area contributed by atoms with E-state index in [-0.39, 0.29) is 5.91 Å². The highest BCUT2D eigenvalue weighted by Gasteiger charge is 2.69. The summed E-state index contributed by atoms with van der Waals surface area (Å²) in [5.74, 6) is 3.64. The molecular weight excluding hydrogens is 126 g/mol. The molecular formula is C8H11NO. The summed E-state index contributed by atoms with van der Waals surface area (Å²) >= 11 is 0. The highest BCUT2D eigenvalue weighted by atomic mass is 16.1. The van der Waals surface area contributed by atoms with Crippen LogP contribution in [0.2, 0.25) is 0 Å². The lowest BCUT2D eigenvalue weighted by atomic mass is 10.1. The van der Waals surface area contributed by atoms with Crippen molar-refractivity contribution in [2.24, 2.45) is 35.3 Å². The zero-order valence-corrected chi connectivity index (χ0v) is 5.79. The molecule has 0 heterocycles. The van der Waals surface area contributed by atoms with Crippen LogP contribution in [0.5, 0.6) is 0 Å². The second-order valence-corrected chi connectivity index (χ2v) is 4.06. The number of hydrogen-bond acceptors (Lipinski definition) is 1. The van der Waals surface area contributed by atoms with Crippen LogP contribution in [0.25, 0.3) is 0 Å². The van der Waals surface area contributed by atoms with Gasteiger partial charge >= 0.3 is 0 Å². The summed E-state index contributed by atoms with van der Waals surface area (Å²) in [5, 5.41) is 0. The third-order valence-electron chi connectivity index (χ3n) is 3.60. The number of nitrogens with two attached hydrogens (primary N) is 1. The van der Waals surface area contributed by atoms with E-state index in [1.807, 2.05) is 0 Å². The number of rotatable bonds is 1. The maximum Gasteiger partial charge on any atom is 0.221 e. The molecule has 5 atom stereocenters. The Morgan fingerprint density at radius 3 is 2.50 bits per heavy atom. The van der Waals surface area contributed by atoms with Crippen molar-refractivity contribution in [3.8, 4) is 0 Å². The molecule has 0 aromatic heterocycles. The minimum atomic E-state index is -0.0413. The van der Waals surface area contributed by atoms with Crippen molar-refractivity contribution in [1.82, 2.24) is 0 Å². The molecule has 3 aliphatic carbocycles. The second-order valence-electron chi connectivity index (χ2n) is 4.06. The first-order valence-corrected chi connectivity index (χ1v) is 4.08. The number of hydrogen-bond donors (Lipinski definition) is 1. The van der Waals surface area contributed by atoms with Crippen molar-refractivity contribution in [3.05, 3.63) is 0 Å². The molecule has 54 valence electrons. The molecule has 0 radical (unpaired) electrons. The Hall–Kier alpha value is -0.530. The summed E-state index contributed by atoms with van der Waals surface area (Å²) < 4.78 is 0. The van der Waals surface area contributed by atoms with Gasteiger partial charge in [-0.1, -0.05) is 0 Å². The van der Waals surface area contributed by atoms with E-state index in [4.69, 9.17) is 5.73 Å². The Labute approximate surface area is 59.8 Å². The molecule has 2 heteroatoms. The number of primary amides is 1. The van der Waals surface area contributed by atoms with Crippen molar-refractivity contribution in [2.75, 3.05) is 0 Å². The average molecular weight is 137 g/mol. The van der Waals surface area contributed by atoms with Crippen LogP contribution in [-0.2, 0) is 4.79 Å².